The summed E-state index contributed by atoms with van der Waals surface area (Å²) < 4.78 is 0. The smallest absolute Gasteiger partial charge is 0.320 e. The first-order valence-corrected chi connectivity index (χ1v) is 6.65. The lowest BCUT2D eigenvalue weighted by Gasteiger charge is -2.14. The Hall–Kier alpha value is -0.260. The number of carboxylic acid groups (broad SMARTS) is 1. The fourth-order valence-electron chi connectivity index (χ4n) is 1.16. The number of carboxylic acids is 1. The van der Waals surface area contributed by atoms with Crippen molar-refractivity contribution >= 4 is 17.7 Å². The molecule has 0 amide bonds. The lowest BCUT2D eigenvalue weighted by molar-refractivity contribution is -0.139. The SMILES string of the molecule is CSCC[C@H](NCCNC(C)C)C(=O)O. The van der Waals surface area contributed by atoms with Crippen LogP contribution in [0.15, 0.2) is 0 Å². The highest BCUT2D eigenvalue weighted by atomic mass is 32.2. The summed E-state index contributed by atoms with van der Waals surface area (Å²) in [5, 5.41) is 15.2. The maximum atomic E-state index is 10.8. The summed E-state index contributed by atoms with van der Waals surface area (Å²) in [6.07, 6.45) is 2.66. The average molecular weight is 234 g/mol. The summed E-state index contributed by atoms with van der Waals surface area (Å²) in [6.45, 7) is 5.65. The molecule has 4 nitrogen and oxygen atoms in total. The minimum absolute atomic E-state index is 0.411. The Labute approximate surface area is 96.2 Å². The molecular weight excluding hydrogens is 212 g/mol. The van der Waals surface area contributed by atoms with Gasteiger partial charge in [-0.15, -0.1) is 0 Å². The number of carbonyl (C=O) groups is 1. The summed E-state index contributed by atoms with van der Waals surface area (Å²) >= 11 is 1.67. The lowest BCUT2D eigenvalue weighted by atomic mass is 10.2. The quantitative estimate of drug-likeness (QED) is 0.515. The molecule has 3 N–H and O–H groups in total. The molecule has 0 aliphatic carbocycles. The zero-order chi connectivity index (χ0) is 11.7. The van der Waals surface area contributed by atoms with Gasteiger partial charge in [-0.1, -0.05) is 13.8 Å². The molecule has 0 radical (unpaired) electrons. The summed E-state index contributed by atoms with van der Waals surface area (Å²) in [4.78, 5) is 10.8. The van der Waals surface area contributed by atoms with Crippen LogP contribution in [0.4, 0.5) is 0 Å². The zero-order valence-electron chi connectivity index (χ0n) is 9.75. The predicted molar refractivity (Wildman–Crippen MR) is 65.6 cm³/mol. The van der Waals surface area contributed by atoms with Gasteiger partial charge in [0.2, 0.25) is 0 Å². The van der Waals surface area contributed by atoms with Gasteiger partial charge in [0.25, 0.3) is 0 Å². The predicted octanol–water partition coefficient (Wildman–Crippen LogP) is 0.780. The van der Waals surface area contributed by atoms with E-state index in [-0.39, 0.29) is 0 Å². The lowest BCUT2D eigenvalue weighted by Crippen LogP contribution is -2.41. The van der Waals surface area contributed by atoms with Crippen molar-refractivity contribution in [2.75, 3.05) is 25.1 Å². The molecule has 0 fully saturated rings. The first kappa shape index (κ1) is 14.7. The minimum atomic E-state index is -0.756. The molecule has 0 aromatic rings. The monoisotopic (exact) mass is 234 g/mol. The van der Waals surface area contributed by atoms with Crippen molar-refractivity contribution in [3.63, 3.8) is 0 Å². The minimum Gasteiger partial charge on any atom is -0.480 e. The van der Waals surface area contributed by atoms with Gasteiger partial charge in [0.05, 0.1) is 0 Å². The zero-order valence-corrected chi connectivity index (χ0v) is 10.6. The molecule has 0 aliphatic rings. The van der Waals surface area contributed by atoms with Crippen LogP contribution in [-0.4, -0.2) is 48.3 Å². The molecule has 0 aliphatic heterocycles. The maximum absolute atomic E-state index is 10.8. The van der Waals surface area contributed by atoms with E-state index in [0.29, 0.717) is 19.0 Å². The van der Waals surface area contributed by atoms with Crippen LogP contribution in [0.3, 0.4) is 0 Å². The first-order valence-electron chi connectivity index (χ1n) is 5.26. The van der Waals surface area contributed by atoms with Crippen LogP contribution in [0.25, 0.3) is 0 Å². The van der Waals surface area contributed by atoms with Crippen LogP contribution in [0.5, 0.6) is 0 Å². The molecule has 1 atom stereocenters. The van der Waals surface area contributed by atoms with Crippen LogP contribution in [0, 0.1) is 0 Å². The van der Waals surface area contributed by atoms with Crippen molar-refractivity contribution in [3.8, 4) is 0 Å². The van der Waals surface area contributed by atoms with E-state index in [2.05, 4.69) is 24.5 Å². The third-order valence-electron chi connectivity index (χ3n) is 1.98. The second-order valence-corrected chi connectivity index (χ2v) is 4.72. The summed E-state index contributed by atoms with van der Waals surface area (Å²) in [7, 11) is 0. The van der Waals surface area contributed by atoms with Gasteiger partial charge in [-0.05, 0) is 18.4 Å². The average Bonchev–Trinajstić information content (AvgIpc) is 2.15. The number of hydrogen-bond donors (Lipinski definition) is 3. The maximum Gasteiger partial charge on any atom is 0.320 e. The molecule has 0 heterocycles. The van der Waals surface area contributed by atoms with Crippen LogP contribution in [-0.2, 0) is 4.79 Å². The van der Waals surface area contributed by atoms with Crippen molar-refractivity contribution in [1.29, 1.82) is 0 Å². The second-order valence-electron chi connectivity index (χ2n) is 3.74. The molecule has 90 valence electrons. The van der Waals surface area contributed by atoms with Crippen LogP contribution in [0.2, 0.25) is 0 Å². The highest BCUT2D eigenvalue weighted by Crippen LogP contribution is 2.00. The summed E-state index contributed by atoms with van der Waals surface area (Å²) in [5.41, 5.74) is 0. The Morgan fingerprint density at radius 1 is 1.33 bits per heavy atom. The van der Waals surface area contributed by atoms with Crippen molar-refractivity contribution in [3.05, 3.63) is 0 Å². The van der Waals surface area contributed by atoms with E-state index in [4.69, 9.17) is 5.11 Å². The van der Waals surface area contributed by atoms with E-state index in [1.54, 1.807) is 11.8 Å². The number of thioether (sulfide) groups is 1. The highest BCUT2D eigenvalue weighted by Gasteiger charge is 2.15. The first-order chi connectivity index (χ1) is 7.07. The molecule has 0 aromatic heterocycles. The van der Waals surface area contributed by atoms with E-state index >= 15 is 0 Å². The highest BCUT2D eigenvalue weighted by molar-refractivity contribution is 7.98. The van der Waals surface area contributed by atoms with Gasteiger partial charge in [-0.2, -0.15) is 11.8 Å². The second kappa shape index (κ2) is 9.00. The number of nitrogens with one attached hydrogen (secondary N) is 2. The van der Waals surface area contributed by atoms with Crippen molar-refractivity contribution in [2.24, 2.45) is 0 Å². The third kappa shape index (κ3) is 8.72. The van der Waals surface area contributed by atoms with E-state index in [9.17, 15) is 4.79 Å². The molecule has 0 bridgehead atoms. The Bertz CT molecular complexity index is 177. The third-order valence-corrected chi connectivity index (χ3v) is 2.62. The van der Waals surface area contributed by atoms with Crippen LogP contribution >= 0.6 is 11.8 Å². The Balaban J connectivity index is 3.62. The normalized spacial score (nSPS) is 13.1. The van der Waals surface area contributed by atoms with E-state index in [0.717, 1.165) is 12.3 Å². The number of hydrogen-bond acceptors (Lipinski definition) is 4. The number of rotatable bonds is 9. The van der Waals surface area contributed by atoms with Crippen molar-refractivity contribution < 1.29 is 9.90 Å². The molecule has 0 aromatic carbocycles. The van der Waals surface area contributed by atoms with E-state index in [1.807, 2.05) is 6.26 Å². The fraction of sp³-hybridized carbons (Fsp3) is 0.900. The van der Waals surface area contributed by atoms with Crippen molar-refractivity contribution in [2.45, 2.75) is 32.4 Å². The van der Waals surface area contributed by atoms with Crippen LogP contribution in [0.1, 0.15) is 20.3 Å². The van der Waals surface area contributed by atoms with Gasteiger partial charge in [-0.3, -0.25) is 4.79 Å². The van der Waals surface area contributed by atoms with Gasteiger partial charge >= 0.3 is 5.97 Å². The molecule has 0 saturated heterocycles. The topological polar surface area (TPSA) is 61.4 Å². The van der Waals surface area contributed by atoms with E-state index < -0.39 is 12.0 Å². The summed E-state index contributed by atoms with van der Waals surface area (Å²) in [6, 6.07) is 0.0349. The Morgan fingerprint density at radius 3 is 2.40 bits per heavy atom. The molecule has 15 heavy (non-hydrogen) atoms. The number of aliphatic carboxylic acids is 1. The van der Waals surface area contributed by atoms with Crippen molar-refractivity contribution in [1.82, 2.24) is 10.6 Å². The molecule has 0 saturated carbocycles. The van der Waals surface area contributed by atoms with Crippen LogP contribution < -0.4 is 10.6 Å². The van der Waals surface area contributed by atoms with Gasteiger partial charge in [0, 0.05) is 19.1 Å². The Kier molecular flexibility index (Phi) is 8.85. The summed E-state index contributed by atoms with van der Waals surface area (Å²) in [5.74, 6) is 0.121. The largest absolute Gasteiger partial charge is 0.480 e. The standard InChI is InChI=1S/C10H22N2O2S/c1-8(2)11-5-6-12-9(10(13)14)4-7-15-3/h8-9,11-12H,4-7H2,1-3H3,(H,13,14)/t9-/m0/s1. The molecule has 0 unspecified atom stereocenters. The molecule has 0 spiro atoms. The molecule has 5 heteroatoms. The van der Waals surface area contributed by atoms with Gasteiger partial charge < -0.3 is 15.7 Å². The molecule has 0 rings (SSSR count). The van der Waals surface area contributed by atoms with Gasteiger partial charge in [-0.25, -0.2) is 0 Å². The fourth-order valence-corrected chi connectivity index (χ4v) is 1.63. The van der Waals surface area contributed by atoms with Gasteiger partial charge in [0.1, 0.15) is 6.04 Å². The Morgan fingerprint density at radius 2 is 1.93 bits per heavy atom. The molecular formula is C10H22N2O2S. The van der Waals surface area contributed by atoms with Gasteiger partial charge in [0.15, 0.2) is 0 Å². The van der Waals surface area contributed by atoms with E-state index in [1.165, 1.54) is 0 Å².